The molecule has 0 aromatic heterocycles. The van der Waals surface area contributed by atoms with Gasteiger partial charge in [0.15, 0.2) is 0 Å². The predicted molar refractivity (Wildman–Crippen MR) is 79.4 cm³/mol. The number of amides is 1. The van der Waals surface area contributed by atoms with Crippen LogP contribution in [0.3, 0.4) is 0 Å². The summed E-state index contributed by atoms with van der Waals surface area (Å²) in [5, 5.41) is 20.6. The minimum absolute atomic E-state index is 0.127. The summed E-state index contributed by atoms with van der Waals surface area (Å²) in [6.45, 7) is 4.70. The van der Waals surface area contributed by atoms with Crippen molar-refractivity contribution < 1.29 is 19.8 Å². The number of carbonyl (C=O) groups is 2. The summed E-state index contributed by atoms with van der Waals surface area (Å²) in [6, 6.07) is 6.07. The van der Waals surface area contributed by atoms with Gasteiger partial charge in [0.05, 0.1) is 0 Å². The zero-order valence-electron chi connectivity index (χ0n) is 12.2. The highest BCUT2D eigenvalue weighted by atomic mass is 16.4. The SMILES string of the molecule is CCN(CCCC(=O)O)CCNC(=O)c1ccc(O)cc1. The summed E-state index contributed by atoms with van der Waals surface area (Å²) >= 11 is 0. The van der Waals surface area contributed by atoms with E-state index in [1.165, 1.54) is 12.1 Å². The molecule has 6 heteroatoms. The van der Waals surface area contributed by atoms with E-state index in [-0.39, 0.29) is 18.1 Å². The van der Waals surface area contributed by atoms with E-state index >= 15 is 0 Å². The molecule has 21 heavy (non-hydrogen) atoms. The van der Waals surface area contributed by atoms with Gasteiger partial charge in [0, 0.05) is 25.1 Å². The van der Waals surface area contributed by atoms with Crippen molar-refractivity contribution in [3.8, 4) is 5.75 Å². The molecule has 1 aromatic carbocycles. The van der Waals surface area contributed by atoms with Gasteiger partial charge in [-0.3, -0.25) is 9.59 Å². The van der Waals surface area contributed by atoms with Crippen molar-refractivity contribution in [2.45, 2.75) is 19.8 Å². The van der Waals surface area contributed by atoms with Crippen LogP contribution < -0.4 is 5.32 Å². The molecule has 6 nitrogen and oxygen atoms in total. The molecule has 116 valence electrons. The van der Waals surface area contributed by atoms with Gasteiger partial charge in [0.1, 0.15) is 5.75 Å². The lowest BCUT2D eigenvalue weighted by molar-refractivity contribution is -0.137. The summed E-state index contributed by atoms with van der Waals surface area (Å²) < 4.78 is 0. The Labute approximate surface area is 124 Å². The lowest BCUT2D eigenvalue weighted by Crippen LogP contribution is -2.35. The number of carboxylic acid groups (broad SMARTS) is 1. The lowest BCUT2D eigenvalue weighted by atomic mass is 10.2. The Morgan fingerprint density at radius 3 is 2.43 bits per heavy atom. The van der Waals surface area contributed by atoms with E-state index in [9.17, 15) is 9.59 Å². The van der Waals surface area contributed by atoms with Gasteiger partial charge in [-0.1, -0.05) is 6.92 Å². The Morgan fingerprint density at radius 1 is 1.19 bits per heavy atom. The van der Waals surface area contributed by atoms with Crippen molar-refractivity contribution in [1.29, 1.82) is 0 Å². The number of likely N-dealkylation sites (N-methyl/N-ethyl adjacent to an activating group) is 1. The van der Waals surface area contributed by atoms with E-state index in [4.69, 9.17) is 10.2 Å². The molecule has 0 radical (unpaired) electrons. The Kier molecular flexibility index (Phi) is 7.25. The number of nitrogens with zero attached hydrogens (tertiary/aromatic N) is 1. The van der Waals surface area contributed by atoms with Gasteiger partial charge in [0.25, 0.3) is 5.91 Å². The van der Waals surface area contributed by atoms with Crippen molar-refractivity contribution in [3.05, 3.63) is 29.8 Å². The summed E-state index contributed by atoms with van der Waals surface area (Å²) in [7, 11) is 0. The van der Waals surface area contributed by atoms with Crippen LogP contribution in [0, 0.1) is 0 Å². The van der Waals surface area contributed by atoms with E-state index in [1.807, 2.05) is 6.92 Å². The Hall–Kier alpha value is -2.08. The number of aromatic hydroxyl groups is 1. The van der Waals surface area contributed by atoms with Gasteiger partial charge in [-0.15, -0.1) is 0 Å². The lowest BCUT2D eigenvalue weighted by Gasteiger charge is -2.20. The standard InChI is InChI=1S/C15H22N2O4/c1-2-17(10-3-4-14(19)20)11-9-16-15(21)12-5-7-13(18)8-6-12/h5-8,18H,2-4,9-11H2,1H3,(H,16,21)(H,19,20). The normalized spacial score (nSPS) is 10.6. The number of hydrogen-bond acceptors (Lipinski definition) is 4. The number of aliphatic carboxylic acids is 1. The van der Waals surface area contributed by atoms with Crippen LogP contribution in [0.15, 0.2) is 24.3 Å². The van der Waals surface area contributed by atoms with Gasteiger partial charge in [-0.05, 0) is 43.8 Å². The number of rotatable bonds is 9. The van der Waals surface area contributed by atoms with Crippen molar-refractivity contribution in [2.75, 3.05) is 26.2 Å². The van der Waals surface area contributed by atoms with Crippen LogP contribution in [0.5, 0.6) is 5.75 Å². The van der Waals surface area contributed by atoms with Gasteiger partial charge in [-0.2, -0.15) is 0 Å². The van der Waals surface area contributed by atoms with E-state index in [1.54, 1.807) is 12.1 Å². The Morgan fingerprint density at radius 2 is 1.86 bits per heavy atom. The fraction of sp³-hybridized carbons (Fsp3) is 0.467. The fourth-order valence-corrected chi connectivity index (χ4v) is 1.92. The number of phenolic OH excluding ortho intramolecular Hbond substituents is 1. The molecule has 0 aliphatic rings. The monoisotopic (exact) mass is 294 g/mol. The molecule has 0 saturated carbocycles. The number of benzene rings is 1. The smallest absolute Gasteiger partial charge is 0.303 e. The van der Waals surface area contributed by atoms with Gasteiger partial charge in [-0.25, -0.2) is 0 Å². The first kappa shape index (κ1) is 17.0. The van der Waals surface area contributed by atoms with E-state index in [0.29, 0.717) is 31.6 Å². The molecule has 0 heterocycles. The molecule has 1 aromatic rings. The first-order chi connectivity index (χ1) is 10.0. The second kappa shape index (κ2) is 8.97. The Balaban J connectivity index is 2.28. The van der Waals surface area contributed by atoms with E-state index in [2.05, 4.69) is 10.2 Å². The molecule has 1 rings (SSSR count). The van der Waals surface area contributed by atoms with Crippen molar-refractivity contribution >= 4 is 11.9 Å². The van der Waals surface area contributed by atoms with Crippen LogP contribution in [0.25, 0.3) is 0 Å². The molecule has 3 N–H and O–H groups in total. The topological polar surface area (TPSA) is 89.9 Å². The third kappa shape index (κ3) is 6.76. The Bertz CT molecular complexity index is 459. The molecular weight excluding hydrogens is 272 g/mol. The third-order valence-corrected chi connectivity index (χ3v) is 3.16. The summed E-state index contributed by atoms with van der Waals surface area (Å²) in [5.41, 5.74) is 0.502. The van der Waals surface area contributed by atoms with Crippen LogP contribution in [0.2, 0.25) is 0 Å². The molecule has 0 spiro atoms. The summed E-state index contributed by atoms with van der Waals surface area (Å²) in [5.74, 6) is -0.842. The average Bonchev–Trinajstić information content (AvgIpc) is 2.45. The number of carbonyl (C=O) groups excluding carboxylic acids is 1. The predicted octanol–water partition coefficient (Wildman–Crippen LogP) is 1.31. The molecule has 0 aliphatic carbocycles. The number of nitrogens with one attached hydrogen (secondary N) is 1. The van der Waals surface area contributed by atoms with Gasteiger partial charge < -0.3 is 20.4 Å². The molecular formula is C15H22N2O4. The van der Waals surface area contributed by atoms with Crippen molar-refractivity contribution in [1.82, 2.24) is 10.2 Å². The maximum absolute atomic E-state index is 11.8. The second-order valence-corrected chi connectivity index (χ2v) is 4.73. The zero-order valence-corrected chi connectivity index (χ0v) is 12.2. The molecule has 1 amide bonds. The molecule has 0 aliphatic heterocycles. The van der Waals surface area contributed by atoms with E-state index in [0.717, 1.165) is 6.54 Å². The third-order valence-electron chi connectivity index (χ3n) is 3.16. The largest absolute Gasteiger partial charge is 0.508 e. The van der Waals surface area contributed by atoms with Crippen molar-refractivity contribution in [3.63, 3.8) is 0 Å². The number of carboxylic acids is 1. The highest BCUT2D eigenvalue weighted by Crippen LogP contribution is 2.09. The van der Waals surface area contributed by atoms with Crippen LogP contribution >= 0.6 is 0 Å². The maximum atomic E-state index is 11.8. The van der Waals surface area contributed by atoms with Gasteiger partial charge in [0.2, 0.25) is 0 Å². The van der Waals surface area contributed by atoms with E-state index < -0.39 is 5.97 Å². The van der Waals surface area contributed by atoms with Crippen LogP contribution in [-0.2, 0) is 4.79 Å². The number of phenols is 1. The maximum Gasteiger partial charge on any atom is 0.303 e. The molecule has 0 fully saturated rings. The fourth-order valence-electron chi connectivity index (χ4n) is 1.92. The summed E-state index contributed by atoms with van der Waals surface area (Å²) in [4.78, 5) is 24.4. The summed E-state index contributed by atoms with van der Waals surface area (Å²) in [6.07, 6.45) is 0.769. The van der Waals surface area contributed by atoms with Crippen molar-refractivity contribution in [2.24, 2.45) is 0 Å². The van der Waals surface area contributed by atoms with Crippen LogP contribution in [0.4, 0.5) is 0 Å². The first-order valence-corrected chi connectivity index (χ1v) is 7.04. The van der Waals surface area contributed by atoms with Gasteiger partial charge >= 0.3 is 5.97 Å². The highest BCUT2D eigenvalue weighted by molar-refractivity contribution is 5.94. The van der Waals surface area contributed by atoms with Crippen LogP contribution in [-0.4, -0.2) is 53.2 Å². The minimum Gasteiger partial charge on any atom is -0.508 e. The first-order valence-electron chi connectivity index (χ1n) is 7.04. The molecule has 0 atom stereocenters. The second-order valence-electron chi connectivity index (χ2n) is 4.73. The van der Waals surface area contributed by atoms with Crippen LogP contribution in [0.1, 0.15) is 30.1 Å². The molecule has 0 bridgehead atoms. The zero-order chi connectivity index (χ0) is 15.7. The number of hydrogen-bond donors (Lipinski definition) is 3. The average molecular weight is 294 g/mol. The molecule has 0 unspecified atom stereocenters. The minimum atomic E-state index is -0.785. The quantitative estimate of drug-likeness (QED) is 0.639. The molecule has 0 saturated heterocycles. The highest BCUT2D eigenvalue weighted by Gasteiger charge is 2.07.